The van der Waals surface area contributed by atoms with E-state index >= 15 is 0 Å². The van der Waals surface area contributed by atoms with Crippen LogP contribution in [0.4, 0.5) is 17.1 Å². The Labute approximate surface area is 305 Å². The van der Waals surface area contributed by atoms with Gasteiger partial charge in [0, 0.05) is 16.8 Å². The van der Waals surface area contributed by atoms with Gasteiger partial charge in [0.2, 0.25) is 0 Å². The standard InChI is InChI=1S/C51H35N/c1-2-15-34(16-3-1)39-19-9-13-27-48(39)52(37-32-31-36-30-29-35-17-4-5-18-38(35)44(36)33-37)49-28-14-23-43-42-22-8-12-26-47(42)51(50(43)49)45-24-10-6-20-40(45)41-21-7-11-25-46(41)51/h1-28,31-33H,29-30H2. The molecule has 3 aliphatic carbocycles. The maximum absolute atomic E-state index is 2.57. The van der Waals surface area contributed by atoms with Crippen LogP contribution in [0.1, 0.15) is 33.4 Å². The lowest BCUT2D eigenvalue weighted by Crippen LogP contribution is -2.28. The van der Waals surface area contributed by atoms with Crippen LogP contribution in [0.15, 0.2) is 188 Å². The van der Waals surface area contributed by atoms with Crippen LogP contribution in [0.25, 0.3) is 44.5 Å². The van der Waals surface area contributed by atoms with Crippen molar-refractivity contribution in [2.24, 2.45) is 0 Å². The Bertz CT molecular complexity index is 2640. The highest BCUT2D eigenvalue weighted by atomic mass is 15.1. The molecule has 0 heterocycles. The van der Waals surface area contributed by atoms with Gasteiger partial charge in [0.1, 0.15) is 0 Å². The lowest BCUT2D eigenvalue weighted by Gasteiger charge is -2.36. The van der Waals surface area contributed by atoms with Gasteiger partial charge in [-0.15, -0.1) is 0 Å². The second kappa shape index (κ2) is 11.3. The van der Waals surface area contributed by atoms with Gasteiger partial charge in [-0.3, -0.25) is 0 Å². The summed E-state index contributed by atoms with van der Waals surface area (Å²) >= 11 is 0. The summed E-state index contributed by atoms with van der Waals surface area (Å²) in [5.41, 5.74) is 21.6. The van der Waals surface area contributed by atoms with E-state index in [0.29, 0.717) is 0 Å². The van der Waals surface area contributed by atoms with Gasteiger partial charge in [-0.1, -0.05) is 164 Å². The molecule has 0 aliphatic heterocycles. The molecule has 0 bridgehead atoms. The third-order valence-corrected chi connectivity index (χ3v) is 11.8. The van der Waals surface area contributed by atoms with Crippen LogP contribution < -0.4 is 4.90 Å². The zero-order valence-corrected chi connectivity index (χ0v) is 28.8. The maximum Gasteiger partial charge on any atom is 0.0746 e. The average molecular weight is 662 g/mol. The van der Waals surface area contributed by atoms with Crippen molar-refractivity contribution in [3.05, 3.63) is 221 Å². The van der Waals surface area contributed by atoms with Gasteiger partial charge >= 0.3 is 0 Å². The van der Waals surface area contributed by atoms with E-state index in [-0.39, 0.29) is 0 Å². The Morgan fingerprint density at radius 1 is 0.346 bits per heavy atom. The average Bonchev–Trinajstić information content (AvgIpc) is 3.69. The molecule has 11 rings (SSSR count). The summed E-state index contributed by atoms with van der Waals surface area (Å²) in [6.07, 6.45) is 2.13. The molecule has 8 aromatic rings. The van der Waals surface area contributed by atoms with E-state index in [1.165, 1.54) is 83.6 Å². The number of hydrogen-bond acceptors (Lipinski definition) is 1. The molecule has 8 aromatic carbocycles. The lowest BCUT2D eigenvalue weighted by molar-refractivity contribution is 0.793. The van der Waals surface area contributed by atoms with Crippen LogP contribution >= 0.6 is 0 Å². The van der Waals surface area contributed by atoms with E-state index in [0.717, 1.165) is 24.2 Å². The van der Waals surface area contributed by atoms with E-state index in [2.05, 4.69) is 193 Å². The summed E-state index contributed by atoms with van der Waals surface area (Å²) in [6.45, 7) is 0. The van der Waals surface area contributed by atoms with E-state index in [9.17, 15) is 0 Å². The first-order valence-electron chi connectivity index (χ1n) is 18.4. The van der Waals surface area contributed by atoms with Crippen molar-refractivity contribution in [3.63, 3.8) is 0 Å². The number of rotatable bonds is 4. The fourth-order valence-electron chi connectivity index (χ4n) is 9.70. The number of benzene rings is 8. The predicted molar refractivity (Wildman–Crippen MR) is 216 cm³/mol. The van der Waals surface area contributed by atoms with Crippen molar-refractivity contribution < 1.29 is 0 Å². The number of hydrogen-bond donors (Lipinski definition) is 0. The zero-order valence-electron chi connectivity index (χ0n) is 28.8. The minimum absolute atomic E-state index is 0.476. The summed E-state index contributed by atoms with van der Waals surface area (Å²) < 4.78 is 0. The van der Waals surface area contributed by atoms with Crippen molar-refractivity contribution in [1.29, 1.82) is 0 Å². The Morgan fingerprint density at radius 2 is 0.846 bits per heavy atom. The van der Waals surface area contributed by atoms with Crippen LogP contribution in [0.2, 0.25) is 0 Å². The molecule has 0 atom stereocenters. The molecule has 52 heavy (non-hydrogen) atoms. The molecule has 1 nitrogen and oxygen atoms in total. The van der Waals surface area contributed by atoms with Crippen molar-refractivity contribution in [2.45, 2.75) is 18.3 Å². The molecule has 0 fully saturated rings. The molecular formula is C51H35N. The highest BCUT2D eigenvalue weighted by Crippen LogP contribution is 2.65. The topological polar surface area (TPSA) is 3.24 Å². The van der Waals surface area contributed by atoms with E-state index in [1.807, 2.05) is 0 Å². The van der Waals surface area contributed by atoms with Gasteiger partial charge in [-0.05, 0) is 104 Å². The smallest absolute Gasteiger partial charge is 0.0746 e. The van der Waals surface area contributed by atoms with Gasteiger partial charge in [0.25, 0.3) is 0 Å². The number of fused-ring (bicyclic) bond motifs is 13. The zero-order chi connectivity index (χ0) is 34.2. The molecule has 3 aliphatic rings. The molecule has 1 spiro atoms. The second-order valence-electron chi connectivity index (χ2n) is 14.3. The maximum atomic E-state index is 2.57. The van der Waals surface area contributed by atoms with Gasteiger partial charge in [-0.25, -0.2) is 0 Å². The molecular weight excluding hydrogens is 627 g/mol. The SMILES string of the molecule is c1ccc(-c2ccccc2N(c2ccc3c(c2)-c2ccccc2CC3)c2cccc3c2C2(c4ccccc4-c4ccccc42)c2ccccc2-3)cc1. The molecule has 0 radical (unpaired) electrons. The predicted octanol–water partition coefficient (Wildman–Crippen LogP) is 12.9. The molecule has 0 N–H and O–H groups in total. The quantitative estimate of drug-likeness (QED) is 0.181. The van der Waals surface area contributed by atoms with Gasteiger partial charge in [0.05, 0.1) is 16.8 Å². The van der Waals surface area contributed by atoms with Crippen LogP contribution in [0, 0.1) is 0 Å². The van der Waals surface area contributed by atoms with Gasteiger partial charge in [0.15, 0.2) is 0 Å². The number of nitrogens with zero attached hydrogens (tertiary/aromatic N) is 1. The van der Waals surface area contributed by atoms with Crippen LogP contribution in [0.3, 0.4) is 0 Å². The number of para-hydroxylation sites is 1. The third kappa shape index (κ3) is 3.99. The van der Waals surface area contributed by atoms with Crippen LogP contribution in [-0.4, -0.2) is 0 Å². The molecule has 0 unspecified atom stereocenters. The van der Waals surface area contributed by atoms with E-state index < -0.39 is 5.41 Å². The number of aryl methyl sites for hydroxylation is 2. The normalized spacial score (nSPS) is 13.8. The minimum atomic E-state index is -0.476. The summed E-state index contributed by atoms with van der Waals surface area (Å²) in [7, 11) is 0. The van der Waals surface area contributed by atoms with Crippen molar-refractivity contribution in [1.82, 2.24) is 0 Å². The summed E-state index contributed by atoms with van der Waals surface area (Å²) in [4.78, 5) is 2.57. The Balaban J connectivity index is 1.26. The fraction of sp³-hybridized carbons (Fsp3) is 0.0588. The Hall–Kier alpha value is -6.44. The molecule has 0 amide bonds. The highest BCUT2D eigenvalue weighted by molar-refractivity contribution is 6.01. The van der Waals surface area contributed by atoms with Gasteiger partial charge in [-0.2, -0.15) is 0 Å². The third-order valence-electron chi connectivity index (χ3n) is 11.8. The van der Waals surface area contributed by atoms with E-state index in [4.69, 9.17) is 0 Å². The number of anilines is 3. The second-order valence-corrected chi connectivity index (χ2v) is 14.3. The fourth-order valence-corrected chi connectivity index (χ4v) is 9.70. The van der Waals surface area contributed by atoms with Crippen LogP contribution in [0.5, 0.6) is 0 Å². The molecule has 0 saturated heterocycles. The molecule has 244 valence electrons. The van der Waals surface area contributed by atoms with Gasteiger partial charge < -0.3 is 4.90 Å². The van der Waals surface area contributed by atoms with Crippen molar-refractivity contribution in [2.75, 3.05) is 4.90 Å². The van der Waals surface area contributed by atoms with E-state index in [1.54, 1.807) is 0 Å². The highest BCUT2D eigenvalue weighted by Gasteiger charge is 2.53. The molecule has 1 heteroatoms. The Kier molecular flexibility index (Phi) is 6.36. The summed E-state index contributed by atoms with van der Waals surface area (Å²) in [6, 6.07) is 70.3. The van der Waals surface area contributed by atoms with Crippen LogP contribution in [-0.2, 0) is 18.3 Å². The first kappa shape index (κ1) is 29.3. The summed E-state index contributed by atoms with van der Waals surface area (Å²) in [5.74, 6) is 0. The van der Waals surface area contributed by atoms with Crippen molar-refractivity contribution in [3.8, 4) is 44.5 Å². The Morgan fingerprint density at radius 3 is 1.54 bits per heavy atom. The minimum Gasteiger partial charge on any atom is -0.309 e. The van der Waals surface area contributed by atoms with Crippen molar-refractivity contribution >= 4 is 17.1 Å². The first-order valence-corrected chi connectivity index (χ1v) is 18.4. The summed E-state index contributed by atoms with van der Waals surface area (Å²) in [5, 5.41) is 0. The molecule has 0 aromatic heterocycles. The first-order chi connectivity index (χ1) is 25.8. The lowest BCUT2D eigenvalue weighted by atomic mass is 9.70. The monoisotopic (exact) mass is 661 g/mol. The largest absolute Gasteiger partial charge is 0.309 e. The molecule has 0 saturated carbocycles.